The van der Waals surface area contributed by atoms with Crippen LogP contribution in [0.3, 0.4) is 0 Å². The molecule has 0 aliphatic rings. The molecule has 1 heterocycles. The zero-order valence-corrected chi connectivity index (χ0v) is 15.1. The number of hydrogen-bond acceptors (Lipinski definition) is 5. The van der Waals surface area contributed by atoms with Crippen LogP contribution >= 0.6 is 11.3 Å². The maximum atomic E-state index is 12.3. The van der Waals surface area contributed by atoms with Gasteiger partial charge in [-0.25, -0.2) is 4.98 Å². The molecule has 0 atom stereocenters. The molecule has 0 radical (unpaired) electrons. The molecule has 0 saturated heterocycles. The SMILES string of the molecule is CC(=O)Nc1nc2ccc(CC(=O)Nc3cccc(C(C)=O)c3)cc2s1. The largest absolute Gasteiger partial charge is 0.326 e. The first-order valence-corrected chi connectivity index (χ1v) is 8.80. The number of aromatic nitrogens is 1. The molecule has 2 amide bonds. The molecule has 1 aromatic heterocycles. The van der Waals surface area contributed by atoms with Crippen molar-refractivity contribution in [3.8, 4) is 0 Å². The number of amides is 2. The van der Waals surface area contributed by atoms with Crippen molar-refractivity contribution in [1.29, 1.82) is 0 Å². The van der Waals surface area contributed by atoms with Gasteiger partial charge in [-0.2, -0.15) is 0 Å². The fourth-order valence-corrected chi connectivity index (χ4v) is 3.47. The number of benzene rings is 2. The van der Waals surface area contributed by atoms with Crippen molar-refractivity contribution in [2.75, 3.05) is 10.6 Å². The molecule has 0 unspecified atom stereocenters. The molecular weight excluding hydrogens is 350 g/mol. The number of nitrogens with one attached hydrogen (secondary N) is 2. The predicted molar refractivity (Wildman–Crippen MR) is 103 cm³/mol. The fraction of sp³-hybridized carbons (Fsp3) is 0.158. The van der Waals surface area contributed by atoms with E-state index in [0.717, 1.165) is 15.8 Å². The normalized spacial score (nSPS) is 10.5. The van der Waals surface area contributed by atoms with Gasteiger partial charge in [-0.3, -0.25) is 14.4 Å². The van der Waals surface area contributed by atoms with Crippen LogP contribution in [0.15, 0.2) is 42.5 Å². The highest BCUT2D eigenvalue weighted by molar-refractivity contribution is 7.22. The summed E-state index contributed by atoms with van der Waals surface area (Å²) in [4.78, 5) is 39.2. The Morgan fingerprint density at radius 1 is 1.04 bits per heavy atom. The number of carbonyl (C=O) groups excluding carboxylic acids is 3. The lowest BCUT2D eigenvalue weighted by atomic mass is 10.1. The quantitative estimate of drug-likeness (QED) is 0.674. The predicted octanol–water partition coefficient (Wildman–Crippen LogP) is 3.64. The second-order valence-corrected chi connectivity index (χ2v) is 6.89. The Hall–Kier alpha value is -3.06. The van der Waals surface area contributed by atoms with Crippen molar-refractivity contribution in [2.24, 2.45) is 0 Å². The van der Waals surface area contributed by atoms with Crippen LogP contribution in [0.1, 0.15) is 29.8 Å². The average Bonchev–Trinajstić information content (AvgIpc) is 2.95. The summed E-state index contributed by atoms with van der Waals surface area (Å²) in [6.45, 7) is 2.92. The number of nitrogens with zero attached hydrogens (tertiary/aromatic N) is 1. The van der Waals surface area contributed by atoms with Crippen molar-refractivity contribution in [3.63, 3.8) is 0 Å². The van der Waals surface area contributed by atoms with Crippen LogP contribution in [0.5, 0.6) is 0 Å². The Kier molecular flexibility index (Phi) is 5.09. The van der Waals surface area contributed by atoms with Gasteiger partial charge in [-0.1, -0.05) is 29.5 Å². The molecule has 0 aliphatic heterocycles. The Morgan fingerprint density at radius 2 is 1.85 bits per heavy atom. The molecule has 132 valence electrons. The summed E-state index contributed by atoms with van der Waals surface area (Å²) in [7, 11) is 0. The summed E-state index contributed by atoms with van der Waals surface area (Å²) < 4.78 is 0.901. The summed E-state index contributed by atoms with van der Waals surface area (Å²) >= 11 is 1.36. The lowest BCUT2D eigenvalue weighted by molar-refractivity contribution is -0.116. The van der Waals surface area contributed by atoms with Crippen LogP contribution in [0.25, 0.3) is 10.2 Å². The lowest BCUT2D eigenvalue weighted by Gasteiger charge is -2.06. The van der Waals surface area contributed by atoms with Crippen LogP contribution in [-0.2, 0) is 16.0 Å². The third kappa shape index (κ3) is 4.31. The van der Waals surface area contributed by atoms with E-state index in [0.29, 0.717) is 16.4 Å². The molecular formula is C19H17N3O3S. The van der Waals surface area contributed by atoms with E-state index in [1.54, 1.807) is 24.3 Å². The maximum Gasteiger partial charge on any atom is 0.228 e. The monoisotopic (exact) mass is 367 g/mol. The smallest absolute Gasteiger partial charge is 0.228 e. The molecule has 7 heteroatoms. The van der Waals surface area contributed by atoms with Crippen LogP contribution in [0, 0.1) is 0 Å². The summed E-state index contributed by atoms with van der Waals surface area (Å²) in [5.41, 5.74) is 2.77. The zero-order chi connectivity index (χ0) is 18.7. The molecule has 0 saturated carbocycles. The molecule has 2 N–H and O–H groups in total. The molecule has 0 spiro atoms. The third-order valence-corrected chi connectivity index (χ3v) is 4.59. The Morgan fingerprint density at radius 3 is 2.58 bits per heavy atom. The molecule has 26 heavy (non-hydrogen) atoms. The van der Waals surface area contributed by atoms with Crippen molar-refractivity contribution < 1.29 is 14.4 Å². The van der Waals surface area contributed by atoms with E-state index < -0.39 is 0 Å². The van der Waals surface area contributed by atoms with Gasteiger partial charge in [0.2, 0.25) is 11.8 Å². The van der Waals surface area contributed by atoms with Gasteiger partial charge in [0.25, 0.3) is 0 Å². The highest BCUT2D eigenvalue weighted by Crippen LogP contribution is 2.27. The second kappa shape index (κ2) is 7.45. The van der Waals surface area contributed by atoms with E-state index in [1.807, 2.05) is 18.2 Å². The molecule has 0 aliphatic carbocycles. The summed E-state index contributed by atoms with van der Waals surface area (Å²) in [6.07, 6.45) is 0.202. The number of carbonyl (C=O) groups is 3. The van der Waals surface area contributed by atoms with Gasteiger partial charge in [-0.15, -0.1) is 0 Å². The highest BCUT2D eigenvalue weighted by atomic mass is 32.1. The summed E-state index contributed by atoms with van der Waals surface area (Å²) in [5, 5.41) is 6.00. The number of anilines is 2. The van der Waals surface area contributed by atoms with E-state index in [1.165, 1.54) is 25.2 Å². The summed E-state index contributed by atoms with van der Waals surface area (Å²) in [5.74, 6) is -0.389. The van der Waals surface area contributed by atoms with E-state index in [9.17, 15) is 14.4 Å². The van der Waals surface area contributed by atoms with Crippen LogP contribution in [0.4, 0.5) is 10.8 Å². The second-order valence-electron chi connectivity index (χ2n) is 5.86. The standard InChI is InChI=1S/C19H17N3O3S/c1-11(23)14-4-3-5-15(10-14)21-18(25)9-13-6-7-16-17(8-13)26-19(22-16)20-12(2)24/h3-8,10H,9H2,1-2H3,(H,21,25)(H,20,22,24). The molecule has 0 bridgehead atoms. The zero-order valence-electron chi connectivity index (χ0n) is 14.3. The van der Waals surface area contributed by atoms with Gasteiger partial charge < -0.3 is 10.6 Å². The fourth-order valence-electron chi connectivity index (χ4n) is 2.49. The Labute approximate surface area is 154 Å². The first kappa shape index (κ1) is 17.8. The molecule has 0 fully saturated rings. The van der Waals surface area contributed by atoms with Crippen molar-refractivity contribution in [2.45, 2.75) is 20.3 Å². The number of fused-ring (bicyclic) bond motifs is 1. The molecule has 3 rings (SSSR count). The number of hydrogen-bond donors (Lipinski definition) is 2. The average molecular weight is 367 g/mol. The van der Waals surface area contributed by atoms with E-state index in [2.05, 4.69) is 15.6 Å². The Balaban J connectivity index is 1.71. The third-order valence-electron chi connectivity index (χ3n) is 3.65. The highest BCUT2D eigenvalue weighted by Gasteiger charge is 2.09. The van der Waals surface area contributed by atoms with Gasteiger partial charge in [0.05, 0.1) is 16.6 Å². The first-order valence-electron chi connectivity index (χ1n) is 7.98. The van der Waals surface area contributed by atoms with Crippen LogP contribution in [-0.4, -0.2) is 22.6 Å². The minimum absolute atomic E-state index is 0.0493. The van der Waals surface area contributed by atoms with Gasteiger partial charge >= 0.3 is 0 Å². The number of Topliss-reactive ketones (excluding diaryl/α,β-unsaturated/α-hetero) is 1. The maximum absolute atomic E-state index is 12.3. The van der Waals surface area contributed by atoms with E-state index >= 15 is 0 Å². The van der Waals surface area contributed by atoms with Crippen molar-refractivity contribution in [1.82, 2.24) is 4.98 Å². The number of thiazole rings is 1. The van der Waals surface area contributed by atoms with Gasteiger partial charge in [0.1, 0.15) is 0 Å². The number of ketones is 1. The van der Waals surface area contributed by atoms with Gasteiger partial charge in [0, 0.05) is 18.2 Å². The van der Waals surface area contributed by atoms with Crippen molar-refractivity contribution >= 4 is 50.0 Å². The number of rotatable bonds is 5. The van der Waals surface area contributed by atoms with Crippen molar-refractivity contribution in [3.05, 3.63) is 53.6 Å². The lowest BCUT2D eigenvalue weighted by Crippen LogP contribution is -2.14. The van der Waals surface area contributed by atoms with Gasteiger partial charge in [-0.05, 0) is 36.8 Å². The van der Waals surface area contributed by atoms with E-state index in [-0.39, 0.29) is 24.0 Å². The van der Waals surface area contributed by atoms with Gasteiger partial charge in [0.15, 0.2) is 10.9 Å². The van der Waals surface area contributed by atoms with E-state index in [4.69, 9.17) is 0 Å². The minimum atomic E-state index is -0.170. The topological polar surface area (TPSA) is 88.2 Å². The molecule has 2 aromatic carbocycles. The first-order chi connectivity index (χ1) is 12.4. The minimum Gasteiger partial charge on any atom is -0.326 e. The molecule has 6 nitrogen and oxygen atoms in total. The van der Waals surface area contributed by atoms with Crippen LogP contribution < -0.4 is 10.6 Å². The Bertz CT molecular complexity index is 1010. The van der Waals surface area contributed by atoms with Crippen LogP contribution in [0.2, 0.25) is 0 Å². The molecule has 3 aromatic rings. The summed E-state index contributed by atoms with van der Waals surface area (Å²) in [6, 6.07) is 12.4.